The third kappa shape index (κ3) is 4.14. The molecular weight excluding hydrogens is 372 g/mol. The first kappa shape index (κ1) is 16.5. The Morgan fingerprint density at radius 2 is 1.96 bits per heavy atom. The lowest BCUT2D eigenvalue weighted by Crippen LogP contribution is -2.28. The zero-order valence-electron chi connectivity index (χ0n) is 13.2. The largest absolute Gasteiger partial charge is 0.490 e. The summed E-state index contributed by atoms with van der Waals surface area (Å²) in [6, 6.07) is 15.4. The van der Waals surface area contributed by atoms with E-state index in [4.69, 9.17) is 9.47 Å². The topological polar surface area (TPSA) is 53.4 Å². The van der Waals surface area contributed by atoms with E-state index in [0.29, 0.717) is 6.54 Å². The van der Waals surface area contributed by atoms with E-state index in [1.807, 2.05) is 53.1 Å². The van der Waals surface area contributed by atoms with Crippen LogP contribution in [0, 0.1) is 0 Å². The van der Waals surface area contributed by atoms with E-state index in [9.17, 15) is 4.79 Å². The highest BCUT2D eigenvalue weighted by Gasteiger charge is 2.15. The third-order valence-electron chi connectivity index (χ3n) is 3.51. The molecule has 0 aliphatic rings. The first-order valence-corrected chi connectivity index (χ1v) is 8.36. The Morgan fingerprint density at radius 1 is 1.21 bits per heavy atom. The number of nitrogens with zero attached hydrogens (tertiary/aromatic N) is 2. The number of halogens is 1. The molecule has 24 heavy (non-hydrogen) atoms. The maximum atomic E-state index is 11.4. The molecule has 6 heteroatoms. The summed E-state index contributed by atoms with van der Waals surface area (Å²) >= 11 is 3.39. The van der Waals surface area contributed by atoms with Gasteiger partial charge in [-0.2, -0.15) is 0 Å². The highest BCUT2D eigenvalue weighted by molar-refractivity contribution is 9.10. The van der Waals surface area contributed by atoms with E-state index in [1.54, 1.807) is 6.33 Å². The van der Waals surface area contributed by atoms with Crippen molar-refractivity contribution < 1.29 is 14.3 Å². The summed E-state index contributed by atoms with van der Waals surface area (Å²) in [6.45, 7) is 2.16. The molecule has 0 fully saturated rings. The summed E-state index contributed by atoms with van der Waals surface area (Å²) in [7, 11) is 0. The van der Waals surface area contributed by atoms with Crippen molar-refractivity contribution >= 4 is 32.9 Å². The zero-order valence-corrected chi connectivity index (χ0v) is 14.8. The van der Waals surface area contributed by atoms with Crippen LogP contribution < -0.4 is 4.74 Å². The summed E-state index contributed by atoms with van der Waals surface area (Å²) in [5.41, 5.74) is 1.91. The molecule has 1 aromatic heterocycles. The third-order valence-corrected chi connectivity index (χ3v) is 4.04. The molecule has 2 aromatic carbocycles. The molecule has 124 valence electrons. The summed E-state index contributed by atoms with van der Waals surface area (Å²) in [5.74, 6) is 0.398. The predicted molar refractivity (Wildman–Crippen MR) is 94.9 cm³/mol. The second-order valence-electron chi connectivity index (χ2n) is 5.38. The van der Waals surface area contributed by atoms with Crippen LogP contribution in [0.3, 0.4) is 0 Å². The molecule has 0 radical (unpaired) electrons. The molecule has 5 nitrogen and oxygen atoms in total. The normalized spacial score (nSPS) is 12.1. The molecule has 1 atom stereocenters. The predicted octanol–water partition coefficient (Wildman–Crippen LogP) is 3.81. The standard InChI is InChI=1S/C18H17BrN2O3/c1-13(22)24-16(11-23-15-8-6-14(19)7-9-15)10-21-12-20-17-4-2-3-5-18(17)21/h2-9,12,16H,10-11H2,1H3. The first-order valence-electron chi connectivity index (χ1n) is 7.57. The highest BCUT2D eigenvalue weighted by atomic mass is 79.9. The molecule has 0 N–H and O–H groups in total. The van der Waals surface area contributed by atoms with Crippen LogP contribution >= 0.6 is 15.9 Å². The van der Waals surface area contributed by atoms with Crippen molar-refractivity contribution in [3.8, 4) is 5.75 Å². The van der Waals surface area contributed by atoms with Gasteiger partial charge < -0.3 is 14.0 Å². The lowest BCUT2D eigenvalue weighted by Gasteiger charge is -2.18. The number of para-hydroxylation sites is 2. The van der Waals surface area contributed by atoms with E-state index < -0.39 is 6.10 Å². The second-order valence-corrected chi connectivity index (χ2v) is 6.30. The number of hydrogen-bond acceptors (Lipinski definition) is 4. The van der Waals surface area contributed by atoms with Crippen LogP contribution in [0.1, 0.15) is 6.92 Å². The Hall–Kier alpha value is -2.34. The van der Waals surface area contributed by atoms with Crippen molar-refractivity contribution in [1.29, 1.82) is 0 Å². The maximum Gasteiger partial charge on any atom is 0.303 e. The fourth-order valence-corrected chi connectivity index (χ4v) is 2.72. The lowest BCUT2D eigenvalue weighted by atomic mass is 10.3. The zero-order chi connectivity index (χ0) is 16.9. The van der Waals surface area contributed by atoms with Gasteiger partial charge in [0, 0.05) is 11.4 Å². The molecular formula is C18H17BrN2O3. The average Bonchev–Trinajstić information content (AvgIpc) is 2.97. The van der Waals surface area contributed by atoms with Gasteiger partial charge in [0.2, 0.25) is 0 Å². The van der Waals surface area contributed by atoms with Crippen LogP contribution in [0.2, 0.25) is 0 Å². The quantitative estimate of drug-likeness (QED) is 0.602. The number of carbonyl (C=O) groups excluding carboxylic acids is 1. The summed E-state index contributed by atoms with van der Waals surface area (Å²) in [4.78, 5) is 15.7. The van der Waals surface area contributed by atoms with Crippen molar-refractivity contribution in [2.24, 2.45) is 0 Å². The molecule has 0 saturated heterocycles. The minimum atomic E-state index is -0.399. The Morgan fingerprint density at radius 3 is 2.71 bits per heavy atom. The molecule has 0 spiro atoms. The number of hydrogen-bond donors (Lipinski definition) is 0. The van der Waals surface area contributed by atoms with E-state index in [1.165, 1.54) is 6.92 Å². The van der Waals surface area contributed by atoms with Gasteiger partial charge in [-0.25, -0.2) is 4.98 Å². The fourth-order valence-electron chi connectivity index (χ4n) is 2.45. The maximum absolute atomic E-state index is 11.4. The van der Waals surface area contributed by atoms with E-state index in [0.717, 1.165) is 21.3 Å². The number of fused-ring (bicyclic) bond motifs is 1. The Bertz CT molecular complexity index is 830. The van der Waals surface area contributed by atoms with E-state index in [-0.39, 0.29) is 12.6 Å². The van der Waals surface area contributed by atoms with Crippen LogP contribution in [-0.4, -0.2) is 28.2 Å². The van der Waals surface area contributed by atoms with Gasteiger partial charge in [0.25, 0.3) is 0 Å². The van der Waals surface area contributed by atoms with Gasteiger partial charge in [-0.05, 0) is 36.4 Å². The molecule has 0 bridgehead atoms. The highest BCUT2D eigenvalue weighted by Crippen LogP contribution is 2.17. The van der Waals surface area contributed by atoms with Crippen LogP contribution in [0.25, 0.3) is 11.0 Å². The smallest absolute Gasteiger partial charge is 0.303 e. The van der Waals surface area contributed by atoms with E-state index in [2.05, 4.69) is 20.9 Å². The van der Waals surface area contributed by atoms with Gasteiger partial charge in [0.1, 0.15) is 12.4 Å². The molecule has 0 aliphatic heterocycles. The molecule has 1 heterocycles. The van der Waals surface area contributed by atoms with Gasteiger partial charge in [-0.15, -0.1) is 0 Å². The molecule has 0 amide bonds. The fraction of sp³-hybridized carbons (Fsp3) is 0.222. The Labute approximate surface area is 148 Å². The van der Waals surface area contributed by atoms with Crippen molar-refractivity contribution in [3.63, 3.8) is 0 Å². The van der Waals surface area contributed by atoms with Crippen LogP contribution in [0.5, 0.6) is 5.75 Å². The summed E-state index contributed by atoms with van der Waals surface area (Å²) < 4.78 is 14.1. The molecule has 0 saturated carbocycles. The van der Waals surface area contributed by atoms with Crippen LogP contribution in [0.15, 0.2) is 59.3 Å². The summed E-state index contributed by atoms with van der Waals surface area (Å²) in [6.07, 6.45) is 1.35. The second kappa shape index (κ2) is 7.49. The minimum absolute atomic E-state index is 0.272. The number of carbonyl (C=O) groups is 1. The molecule has 0 aliphatic carbocycles. The number of aromatic nitrogens is 2. The Kier molecular flexibility index (Phi) is 5.15. The van der Waals surface area contributed by atoms with Gasteiger partial charge >= 0.3 is 5.97 Å². The van der Waals surface area contributed by atoms with Gasteiger partial charge in [-0.3, -0.25) is 4.79 Å². The monoisotopic (exact) mass is 388 g/mol. The number of benzene rings is 2. The van der Waals surface area contributed by atoms with Crippen molar-refractivity contribution in [2.75, 3.05) is 6.61 Å². The van der Waals surface area contributed by atoms with Crippen LogP contribution in [0.4, 0.5) is 0 Å². The van der Waals surface area contributed by atoms with Gasteiger partial charge in [0.15, 0.2) is 6.10 Å². The van der Waals surface area contributed by atoms with Crippen molar-refractivity contribution in [1.82, 2.24) is 9.55 Å². The van der Waals surface area contributed by atoms with E-state index >= 15 is 0 Å². The number of rotatable bonds is 6. The first-order chi connectivity index (χ1) is 11.6. The van der Waals surface area contributed by atoms with Gasteiger partial charge in [0.05, 0.1) is 23.9 Å². The summed E-state index contributed by atoms with van der Waals surface area (Å²) in [5, 5.41) is 0. The number of esters is 1. The average molecular weight is 389 g/mol. The molecule has 3 aromatic rings. The van der Waals surface area contributed by atoms with Crippen molar-refractivity contribution in [3.05, 3.63) is 59.3 Å². The van der Waals surface area contributed by atoms with Gasteiger partial charge in [-0.1, -0.05) is 28.1 Å². The lowest BCUT2D eigenvalue weighted by molar-refractivity contribution is -0.148. The Balaban J connectivity index is 1.71. The number of ether oxygens (including phenoxy) is 2. The minimum Gasteiger partial charge on any atom is -0.490 e. The van der Waals surface area contributed by atoms with Crippen molar-refractivity contribution in [2.45, 2.75) is 19.6 Å². The SMILES string of the molecule is CC(=O)OC(COc1ccc(Br)cc1)Cn1cnc2ccccc21. The molecule has 1 unspecified atom stereocenters. The van der Waals surface area contributed by atoms with Crippen LogP contribution in [-0.2, 0) is 16.1 Å². The molecule has 3 rings (SSSR count). The number of imidazole rings is 1.